The molecule has 0 atom stereocenters. The zero-order valence-corrected chi connectivity index (χ0v) is 17.8. The fourth-order valence-electron chi connectivity index (χ4n) is 4.81. The van der Waals surface area contributed by atoms with Gasteiger partial charge in [-0.1, -0.05) is 91.0 Å². The van der Waals surface area contributed by atoms with E-state index in [2.05, 4.69) is 87.9 Å². The number of piperidine rings is 1. The summed E-state index contributed by atoms with van der Waals surface area (Å²) in [5, 5.41) is 6.86. The van der Waals surface area contributed by atoms with Crippen molar-refractivity contribution < 1.29 is 4.79 Å². The number of carbonyl (C=O) groups is 1. The van der Waals surface area contributed by atoms with Crippen molar-refractivity contribution in [2.24, 2.45) is 0 Å². The molecular weight excluding hydrogens is 394 g/mol. The molecule has 1 saturated heterocycles. The number of carbonyl (C=O) groups excluding carboxylic acids is 1. The molecule has 3 aromatic carbocycles. The van der Waals surface area contributed by atoms with Gasteiger partial charge in [0.1, 0.15) is 0 Å². The Kier molecular flexibility index (Phi) is 5.53. The maximum absolute atomic E-state index is 12.9. The zero-order valence-electron chi connectivity index (χ0n) is 17.8. The smallest absolute Gasteiger partial charge is 0.161 e. The number of aromatic nitrogens is 2. The van der Waals surface area contributed by atoms with Crippen molar-refractivity contribution in [3.05, 3.63) is 131 Å². The van der Waals surface area contributed by atoms with Gasteiger partial charge >= 0.3 is 0 Å². The van der Waals surface area contributed by atoms with E-state index in [1.165, 1.54) is 16.7 Å². The highest BCUT2D eigenvalue weighted by atomic mass is 16.1. The minimum Gasteiger partial charge on any atom is -0.294 e. The lowest BCUT2D eigenvalue weighted by Gasteiger charge is -2.47. The van der Waals surface area contributed by atoms with Gasteiger partial charge in [-0.2, -0.15) is 5.10 Å². The summed E-state index contributed by atoms with van der Waals surface area (Å²) in [5.74, 6) is 0.200. The summed E-state index contributed by atoms with van der Waals surface area (Å²) in [6.45, 7) is 1.24. The molecule has 0 radical (unpaired) electrons. The van der Waals surface area contributed by atoms with Crippen LogP contribution in [0.2, 0.25) is 0 Å². The average molecular weight is 420 g/mol. The number of H-pyrrole nitrogens is 1. The van der Waals surface area contributed by atoms with E-state index in [1.54, 1.807) is 6.20 Å². The van der Waals surface area contributed by atoms with Crippen LogP contribution >= 0.6 is 0 Å². The third-order valence-electron chi connectivity index (χ3n) is 6.24. The van der Waals surface area contributed by atoms with E-state index in [-0.39, 0.29) is 5.78 Å². The maximum atomic E-state index is 12.9. The molecule has 0 aliphatic carbocycles. The second kappa shape index (κ2) is 8.77. The molecule has 4 heteroatoms. The van der Waals surface area contributed by atoms with E-state index < -0.39 is 5.54 Å². The normalized spacial score (nSPS) is 16.4. The summed E-state index contributed by atoms with van der Waals surface area (Å²) in [6.07, 6.45) is 6.01. The minimum absolute atomic E-state index is 0.200. The van der Waals surface area contributed by atoms with E-state index >= 15 is 0 Å². The standard InChI is InChI=1S/C28H25N3O/c32-27-16-17-31(21-23(27)18-22-19-29-30-20-22)28(24-10-4-1-5-11-24,25-12-6-2-7-13-25)26-14-8-3-9-15-26/h1-15,18-20H,16-17,21H2,(H,29,30). The molecular formula is C28H25N3O. The lowest BCUT2D eigenvalue weighted by molar-refractivity contribution is -0.117. The van der Waals surface area contributed by atoms with E-state index in [9.17, 15) is 4.79 Å². The molecule has 0 unspecified atom stereocenters. The summed E-state index contributed by atoms with van der Waals surface area (Å²) in [5.41, 5.74) is 4.78. The van der Waals surface area contributed by atoms with Crippen LogP contribution in [0, 0.1) is 0 Å². The highest BCUT2D eigenvalue weighted by Gasteiger charge is 2.44. The van der Waals surface area contributed by atoms with Gasteiger partial charge in [-0.15, -0.1) is 0 Å². The molecule has 4 aromatic rings. The lowest BCUT2D eigenvalue weighted by atomic mass is 9.74. The number of benzene rings is 3. The number of hydrogen-bond acceptors (Lipinski definition) is 3. The van der Waals surface area contributed by atoms with E-state index in [1.807, 2.05) is 30.5 Å². The predicted molar refractivity (Wildman–Crippen MR) is 127 cm³/mol. The SMILES string of the molecule is O=C1CCN(C(c2ccccc2)(c2ccccc2)c2ccccc2)CC1=Cc1cn[nH]c1. The van der Waals surface area contributed by atoms with E-state index in [4.69, 9.17) is 0 Å². The Hall–Kier alpha value is -3.76. The Morgan fingerprint density at radius 2 is 1.34 bits per heavy atom. The fourth-order valence-corrected chi connectivity index (χ4v) is 4.81. The van der Waals surface area contributed by atoms with Crippen molar-refractivity contribution in [2.75, 3.05) is 13.1 Å². The number of likely N-dealkylation sites (tertiary alicyclic amines) is 1. The quantitative estimate of drug-likeness (QED) is 0.363. The Morgan fingerprint density at radius 3 is 1.81 bits per heavy atom. The van der Waals surface area contributed by atoms with Gasteiger partial charge in [-0.25, -0.2) is 0 Å². The van der Waals surface area contributed by atoms with E-state index in [0.717, 1.165) is 11.1 Å². The van der Waals surface area contributed by atoms with E-state index in [0.29, 0.717) is 19.5 Å². The van der Waals surface area contributed by atoms with Gasteiger partial charge in [0.15, 0.2) is 5.78 Å². The Bertz CT molecular complexity index is 1100. The largest absolute Gasteiger partial charge is 0.294 e. The van der Waals surface area contributed by atoms with Crippen molar-refractivity contribution in [1.29, 1.82) is 0 Å². The molecule has 0 amide bonds. The Balaban J connectivity index is 1.72. The summed E-state index contributed by atoms with van der Waals surface area (Å²) in [6, 6.07) is 31.8. The fraction of sp³-hybridized carbons (Fsp3) is 0.143. The van der Waals surface area contributed by atoms with Gasteiger partial charge in [-0.05, 0) is 22.8 Å². The number of rotatable bonds is 5. The summed E-state index contributed by atoms with van der Waals surface area (Å²) in [7, 11) is 0. The Morgan fingerprint density at radius 1 is 0.812 bits per heavy atom. The first-order chi connectivity index (χ1) is 15.8. The molecule has 1 N–H and O–H groups in total. The van der Waals surface area contributed by atoms with Crippen LogP contribution < -0.4 is 0 Å². The third-order valence-corrected chi connectivity index (χ3v) is 6.24. The molecule has 0 saturated carbocycles. The monoisotopic (exact) mass is 419 g/mol. The molecule has 158 valence electrons. The van der Waals surface area contributed by atoms with Crippen molar-refractivity contribution in [1.82, 2.24) is 15.1 Å². The average Bonchev–Trinajstić information content (AvgIpc) is 3.37. The topological polar surface area (TPSA) is 49.0 Å². The first-order valence-electron chi connectivity index (χ1n) is 10.9. The van der Waals surface area contributed by atoms with Gasteiger partial charge in [-0.3, -0.25) is 14.8 Å². The second-order valence-electron chi connectivity index (χ2n) is 8.10. The van der Waals surface area contributed by atoms with Crippen LogP contribution in [0.25, 0.3) is 6.08 Å². The first kappa shape index (κ1) is 20.2. The lowest BCUT2D eigenvalue weighted by Crippen LogP contribution is -2.52. The van der Waals surface area contributed by atoms with Gasteiger partial charge < -0.3 is 0 Å². The van der Waals surface area contributed by atoms with Crippen LogP contribution in [0.4, 0.5) is 0 Å². The van der Waals surface area contributed by atoms with Crippen molar-refractivity contribution in [3.63, 3.8) is 0 Å². The number of aromatic amines is 1. The molecule has 0 bridgehead atoms. The summed E-state index contributed by atoms with van der Waals surface area (Å²) >= 11 is 0. The van der Waals surface area contributed by atoms with Crippen molar-refractivity contribution >= 4 is 11.9 Å². The number of hydrogen-bond donors (Lipinski definition) is 1. The second-order valence-corrected chi connectivity index (χ2v) is 8.10. The number of nitrogens with one attached hydrogen (secondary N) is 1. The summed E-state index contributed by atoms with van der Waals surface area (Å²) in [4.78, 5) is 15.3. The number of ketones is 1. The molecule has 32 heavy (non-hydrogen) atoms. The number of nitrogens with zero attached hydrogens (tertiary/aromatic N) is 2. The van der Waals surface area contributed by atoms with Gasteiger partial charge in [0.05, 0.1) is 11.7 Å². The molecule has 4 nitrogen and oxygen atoms in total. The molecule has 1 fully saturated rings. The van der Waals surface area contributed by atoms with Gasteiger partial charge in [0, 0.05) is 36.8 Å². The van der Waals surface area contributed by atoms with Crippen LogP contribution in [0.1, 0.15) is 28.7 Å². The molecule has 2 heterocycles. The highest BCUT2D eigenvalue weighted by Crippen LogP contribution is 2.43. The molecule has 1 aromatic heterocycles. The zero-order chi connectivity index (χ0) is 21.8. The van der Waals surface area contributed by atoms with Crippen LogP contribution in [0.3, 0.4) is 0 Å². The van der Waals surface area contributed by atoms with Gasteiger partial charge in [0.2, 0.25) is 0 Å². The van der Waals surface area contributed by atoms with Crippen LogP contribution in [-0.4, -0.2) is 34.0 Å². The highest BCUT2D eigenvalue weighted by molar-refractivity contribution is 6.00. The first-order valence-corrected chi connectivity index (χ1v) is 10.9. The van der Waals surface area contributed by atoms with Crippen LogP contribution in [-0.2, 0) is 10.3 Å². The molecule has 1 aliphatic rings. The molecule has 5 rings (SSSR count). The van der Waals surface area contributed by atoms with Crippen LogP contribution in [0.15, 0.2) is 109 Å². The molecule has 0 spiro atoms. The molecule has 1 aliphatic heterocycles. The third kappa shape index (κ3) is 3.59. The predicted octanol–water partition coefficient (Wildman–Crippen LogP) is 5.06. The van der Waals surface area contributed by atoms with Gasteiger partial charge in [0.25, 0.3) is 0 Å². The van der Waals surface area contributed by atoms with Crippen molar-refractivity contribution in [3.8, 4) is 0 Å². The van der Waals surface area contributed by atoms with Crippen molar-refractivity contribution in [2.45, 2.75) is 12.0 Å². The van der Waals surface area contributed by atoms with Crippen LogP contribution in [0.5, 0.6) is 0 Å². The minimum atomic E-state index is -0.514. The Labute approximate surface area is 188 Å². The summed E-state index contributed by atoms with van der Waals surface area (Å²) < 4.78 is 0. The maximum Gasteiger partial charge on any atom is 0.161 e. The number of Topliss-reactive ketones (excluding diaryl/α,β-unsaturated/α-hetero) is 1.